The number of hydrogen-bond donors (Lipinski definition) is 2. The van der Waals surface area contributed by atoms with Crippen molar-refractivity contribution >= 4 is 0 Å². The van der Waals surface area contributed by atoms with Gasteiger partial charge in [0, 0.05) is 6.54 Å². The minimum atomic E-state index is -4.32. The van der Waals surface area contributed by atoms with Gasteiger partial charge < -0.3 is 5.11 Å². The second kappa shape index (κ2) is 6.07. The summed E-state index contributed by atoms with van der Waals surface area (Å²) in [4.78, 5) is 0. The standard InChI is InChI=1S/C15H14F3NO/c16-15(17,18)13-8-6-11(7-9-13)10-19-14(20)12-4-2-1-3-5-12/h1-9,14,19-20H,10H2. The molecule has 1 atom stereocenters. The van der Waals surface area contributed by atoms with E-state index in [1.165, 1.54) is 12.1 Å². The molecule has 0 aliphatic heterocycles. The Hall–Kier alpha value is -1.85. The third kappa shape index (κ3) is 3.82. The maximum Gasteiger partial charge on any atom is 0.416 e. The topological polar surface area (TPSA) is 32.3 Å². The molecule has 0 aliphatic carbocycles. The number of aliphatic hydroxyl groups excluding tert-OH is 1. The Morgan fingerprint density at radius 1 is 0.950 bits per heavy atom. The summed E-state index contributed by atoms with van der Waals surface area (Å²) in [5.41, 5.74) is 0.706. The van der Waals surface area contributed by atoms with Gasteiger partial charge in [0.25, 0.3) is 0 Å². The molecule has 106 valence electrons. The van der Waals surface area contributed by atoms with Crippen LogP contribution in [0.3, 0.4) is 0 Å². The maximum absolute atomic E-state index is 12.4. The number of hydrogen-bond acceptors (Lipinski definition) is 2. The van der Waals surface area contributed by atoms with Gasteiger partial charge in [-0.25, -0.2) is 0 Å². The van der Waals surface area contributed by atoms with Crippen LogP contribution in [0.5, 0.6) is 0 Å². The molecule has 0 saturated carbocycles. The Kier molecular flexibility index (Phi) is 4.42. The van der Waals surface area contributed by atoms with Crippen molar-refractivity contribution in [3.05, 3.63) is 71.3 Å². The lowest BCUT2D eigenvalue weighted by Crippen LogP contribution is -2.20. The minimum absolute atomic E-state index is 0.286. The smallest absolute Gasteiger partial charge is 0.374 e. The molecule has 0 fully saturated rings. The molecule has 0 spiro atoms. The normalized spacial score (nSPS) is 13.2. The van der Waals surface area contributed by atoms with Crippen LogP contribution >= 0.6 is 0 Å². The van der Waals surface area contributed by atoms with E-state index in [0.29, 0.717) is 11.1 Å². The van der Waals surface area contributed by atoms with Crippen LogP contribution in [0.2, 0.25) is 0 Å². The first kappa shape index (κ1) is 14.6. The first-order chi connectivity index (χ1) is 9.47. The number of aliphatic hydroxyl groups is 1. The molecule has 0 saturated heterocycles. The van der Waals surface area contributed by atoms with E-state index in [2.05, 4.69) is 5.32 Å². The highest BCUT2D eigenvalue weighted by Crippen LogP contribution is 2.29. The van der Waals surface area contributed by atoms with Crippen molar-refractivity contribution in [2.24, 2.45) is 0 Å². The van der Waals surface area contributed by atoms with Gasteiger partial charge in [0.2, 0.25) is 0 Å². The molecule has 20 heavy (non-hydrogen) atoms. The Bertz CT molecular complexity index is 537. The fourth-order valence-electron chi connectivity index (χ4n) is 1.78. The Morgan fingerprint density at radius 2 is 1.55 bits per heavy atom. The van der Waals surface area contributed by atoms with Crippen LogP contribution in [0.15, 0.2) is 54.6 Å². The highest BCUT2D eigenvalue weighted by atomic mass is 19.4. The van der Waals surface area contributed by atoms with Crippen molar-refractivity contribution in [3.63, 3.8) is 0 Å². The quantitative estimate of drug-likeness (QED) is 0.841. The molecule has 2 rings (SSSR count). The van der Waals surface area contributed by atoms with E-state index in [-0.39, 0.29) is 6.54 Å². The molecule has 2 aromatic carbocycles. The molecule has 1 unspecified atom stereocenters. The predicted molar refractivity (Wildman–Crippen MR) is 69.7 cm³/mol. The molecule has 0 aliphatic rings. The van der Waals surface area contributed by atoms with E-state index in [1.807, 2.05) is 6.07 Å². The third-order valence-electron chi connectivity index (χ3n) is 2.90. The van der Waals surface area contributed by atoms with Crippen molar-refractivity contribution in [2.45, 2.75) is 18.9 Å². The summed E-state index contributed by atoms with van der Waals surface area (Å²) in [6, 6.07) is 13.8. The molecule has 0 bridgehead atoms. The molecule has 2 nitrogen and oxygen atoms in total. The summed E-state index contributed by atoms with van der Waals surface area (Å²) in [6.45, 7) is 0.286. The van der Waals surface area contributed by atoms with Crippen molar-refractivity contribution in [3.8, 4) is 0 Å². The summed E-state index contributed by atoms with van der Waals surface area (Å²) < 4.78 is 37.2. The second-order valence-corrected chi connectivity index (χ2v) is 4.39. The van der Waals surface area contributed by atoms with Gasteiger partial charge in [0.05, 0.1) is 5.56 Å². The van der Waals surface area contributed by atoms with Gasteiger partial charge in [-0.2, -0.15) is 13.2 Å². The summed E-state index contributed by atoms with van der Waals surface area (Å²) >= 11 is 0. The summed E-state index contributed by atoms with van der Waals surface area (Å²) in [5.74, 6) is 0. The fourth-order valence-corrected chi connectivity index (χ4v) is 1.78. The third-order valence-corrected chi connectivity index (χ3v) is 2.90. The molecule has 2 N–H and O–H groups in total. The van der Waals surface area contributed by atoms with Crippen LogP contribution in [-0.2, 0) is 12.7 Å². The van der Waals surface area contributed by atoms with Gasteiger partial charge in [0.1, 0.15) is 6.23 Å². The van der Waals surface area contributed by atoms with Gasteiger partial charge in [0.15, 0.2) is 0 Å². The summed E-state index contributed by atoms with van der Waals surface area (Å²) in [6.07, 6.45) is -5.17. The van der Waals surface area contributed by atoms with E-state index in [0.717, 1.165) is 12.1 Å². The van der Waals surface area contributed by atoms with E-state index >= 15 is 0 Å². The molecule has 0 heterocycles. The molecular formula is C15H14F3NO. The average Bonchev–Trinajstić information content (AvgIpc) is 2.45. The van der Waals surface area contributed by atoms with E-state index < -0.39 is 18.0 Å². The first-order valence-electron chi connectivity index (χ1n) is 6.09. The lowest BCUT2D eigenvalue weighted by molar-refractivity contribution is -0.137. The molecular weight excluding hydrogens is 267 g/mol. The van der Waals surface area contributed by atoms with Gasteiger partial charge in [-0.15, -0.1) is 0 Å². The Balaban J connectivity index is 1.94. The highest BCUT2D eigenvalue weighted by Gasteiger charge is 2.29. The van der Waals surface area contributed by atoms with Crippen molar-refractivity contribution in [1.82, 2.24) is 5.32 Å². The zero-order valence-electron chi connectivity index (χ0n) is 10.6. The first-order valence-corrected chi connectivity index (χ1v) is 6.09. The van der Waals surface area contributed by atoms with Gasteiger partial charge in [-0.3, -0.25) is 5.32 Å². The average molecular weight is 281 g/mol. The minimum Gasteiger partial charge on any atom is -0.374 e. The Morgan fingerprint density at radius 3 is 2.10 bits per heavy atom. The zero-order chi connectivity index (χ0) is 14.6. The Labute approximate surface area is 114 Å². The number of alkyl halides is 3. The molecule has 2 aromatic rings. The maximum atomic E-state index is 12.4. The van der Waals surface area contributed by atoms with Gasteiger partial charge >= 0.3 is 6.18 Å². The zero-order valence-corrected chi connectivity index (χ0v) is 10.6. The van der Waals surface area contributed by atoms with Crippen molar-refractivity contribution in [2.75, 3.05) is 0 Å². The fraction of sp³-hybridized carbons (Fsp3) is 0.200. The molecule has 0 aromatic heterocycles. The van der Waals surface area contributed by atoms with Crippen LogP contribution in [0.1, 0.15) is 22.9 Å². The van der Waals surface area contributed by atoms with Crippen LogP contribution in [0.25, 0.3) is 0 Å². The molecule has 0 radical (unpaired) electrons. The SMILES string of the molecule is OC(NCc1ccc(C(F)(F)F)cc1)c1ccccc1. The lowest BCUT2D eigenvalue weighted by Gasteiger charge is -2.13. The van der Waals surface area contributed by atoms with E-state index in [4.69, 9.17) is 0 Å². The van der Waals surface area contributed by atoms with Crippen LogP contribution in [0, 0.1) is 0 Å². The van der Waals surface area contributed by atoms with E-state index in [1.54, 1.807) is 24.3 Å². The highest BCUT2D eigenvalue weighted by molar-refractivity contribution is 5.25. The summed E-state index contributed by atoms with van der Waals surface area (Å²) in [7, 11) is 0. The van der Waals surface area contributed by atoms with Gasteiger partial charge in [-0.05, 0) is 23.3 Å². The molecule has 0 amide bonds. The van der Waals surface area contributed by atoms with Crippen LogP contribution < -0.4 is 5.32 Å². The number of halogens is 3. The number of benzene rings is 2. The lowest BCUT2D eigenvalue weighted by atomic mass is 10.1. The van der Waals surface area contributed by atoms with Crippen LogP contribution in [0.4, 0.5) is 13.2 Å². The van der Waals surface area contributed by atoms with Gasteiger partial charge in [-0.1, -0.05) is 42.5 Å². The predicted octanol–water partition coefficient (Wildman–Crippen LogP) is 3.49. The molecule has 5 heteroatoms. The summed E-state index contributed by atoms with van der Waals surface area (Å²) in [5, 5.41) is 12.7. The van der Waals surface area contributed by atoms with Crippen LogP contribution in [-0.4, -0.2) is 5.11 Å². The number of nitrogens with one attached hydrogen (secondary N) is 1. The van der Waals surface area contributed by atoms with Crippen molar-refractivity contribution < 1.29 is 18.3 Å². The largest absolute Gasteiger partial charge is 0.416 e. The second-order valence-electron chi connectivity index (χ2n) is 4.39. The van der Waals surface area contributed by atoms with Crippen molar-refractivity contribution in [1.29, 1.82) is 0 Å². The van der Waals surface area contributed by atoms with E-state index in [9.17, 15) is 18.3 Å². The monoisotopic (exact) mass is 281 g/mol. The number of rotatable bonds is 4.